The van der Waals surface area contributed by atoms with E-state index in [1.54, 1.807) is 0 Å². The van der Waals surface area contributed by atoms with Gasteiger partial charge >= 0.3 is 20.4 Å². The van der Waals surface area contributed by atoms with Gasteiger partial charge in [0.25, 0.3) is 0 Å². The standard InChI is InChI=1S/C21H20P.C5H8OSi.Pd/c1-2-10-18-11-9-16-21(17-18)22(19-12-5-3-6-13-19)20-14-7-4-8-15-20;7-5-3-1-2-4-6-5;/h3-9,11-17H,1-2,10H2;1-4H2;/q2*-1;+2. The summed E-state index contributed by atoms with van der Waals surface area (Å²) < 4.78 is 5.11. The molecule has 0 saturated carbocycles. The van der Waals surface area contributed by atoms with Gasteiger partial charge in [0.2, 0.25) is 0 Å². The average molecular weight is 522 g/mol. The summed E-state index contributed by atoms with van der Waals surface area (Å²) >= 11 is 0. The van der Waals surface area contributed by atoms with Crippen molar-refractivity contribution in [3.8, 4) is 0 Å². The summed E-state index contributed by atoms with van der Waals surface area (Å²) in [7, 11) is 2.83. The third-order valence-electron chi connectivity index (χ3n) is 4.74. The first-order valence-corrected chi connectivity index (χ1v) is 12.1. The predicted molar refractivity (Wildman–Crippen MR) is 128 cm³/mol. The van der Waals surface area contributed by atoms with Crippen molar-refractivity contribution in [2.24, 2.45) is 0 Å². The third kappa shape index (κ3) is 7.88. The van der Waals surface area contributed by atoms with Crippen LogP contribution < -0.4 is 15.9 Å². The van der Waals surface area contributed by atoms with E-state index in [-0.39, 0.29) is 20.4 Å². The molecule has 1 saturated heterocycles. The fourth-order valence-corrected chi connectivity index (χ4v) is 5.96. The second kappa shape index (κ2) is 14.1. The second-order valence-corrected chi connectivity index (χ2v) is 9.79. The van der Waals surface area contributed by atoms with Crippen molar-refractivity contribution in [1.82, 2.24) is 0 Å². The smallest absolute Gasteiger partial charge is 0.551 e. The number of aryl methyl sites for hydroxylation is 1. The normalized spacial score (nSPS) is 13.8. The molecule has 0 atom stereocenters. The van der Waals surface area contributed by atoms with E-state index in [1.807, 2.05) is 0 Å². The van der Waals surface area contributed by atoms with Gasteiger partial charge in [-0.3, -0.25) is 0 Å². The molecule has 0 amide bonds. The van der Waals surface area contributed by atoms with Crippen molar-refractivity contribution in [3.05, 3.63) is 103 Å². The van der Waals surface area contributed by atoms with Crippen LogP contribution in [0.4, 0.5) is 0 Å². The number of ether oxygens (including phenoxy) is 1. The summed E-state index contributed by atoms with van der Waals surface area (Å²) in [6.07, 6.45) is 5.57. The summed E-state index contributed by atoms with van der Waals surface area (Å²) in [5, 5.41) is 4.21. The Morgan fingerprint density at radius 1 is 0.833 bits per heavy atom. The molecule has 1 fully saturated rings. The fraction of sp³-hybridized carbons (Fsp3) is 0.231. The molecule has 0 spiro atoms. The van der Waals surface area contributed by atoms with E-state index in [9.17, 15) is 0 Å². The Hall–Kier alpha value is -1.07. The van der Waals surface area contributed by atoms with Crippen molar-refractivity contribution >= 4 is 34.1 Å². The summed E-state index contributed by atoms with van der Waals surface area (Å²) in [5.41, 5.74) is 2.40. The molecule has 1 aliphatic rings. The van der Waals surface area contributed by atoms with Crippen LogP contribution in [0.1, 0.15) is 31.2 Å². The van der Waals surface area contributed by atoms with Crippen molar-refractivity contribution in [2.75, 3.05) is 6.61 Å². The van der Waals surface area contributed by atoms with Crippen LogP contribution in [0.3, 0.4) is 0 Å². The number of hydrogen-bond acceptors (Lipinski definition) is 1. The van der Waals surface area contributed by atoms with Gasteiger partial charge in [-0.05, 0) is 35.8 Å². The van der Waals surface area contributed by atoms with Gasteiger partial charge in [-0.2, -0.15) is 23.1 Å². The van der Waals surface area contributed by atoms with Crippen LogP contribution >= 0.6 is 7.92 Å². The molecule has 0 aliphatic carbocycles. The quantitative estimate of drug-likeness (QED) is 0.259. The Morgan fingerprint density at radius 2 is 1.43 bits per heavy atom. The van der Waals surface area contributed by atoms with Gasteiger partial charge in [0.1, 0.15) is 0 Å². The van der Waals surface area contributed by atoms with Crippen LogP contribution in [-0.4, -0.2) is 16.8 Å². The Balaban J connectivity index is 0.000000341. The van der Waals surface area contributed by atoms with Gasteiger partial charge in [-0.1, -0.05) is 97.8 Å². The summed E-state index contributed by atoms with van der Waals surface area (Å²) in [6, 6.07) is 30.7. The Kier molecular flexibility index (Phi) is 11.8. The van der Waals surface area contributed by atoms with Crippen LogP contribution in [-0.2, 0) is 31.6 Å². The Bertz CT molecular complexity index is 798. The molecule has 3 aromatic rings. The van der Waals surface area contributed by atoms with Crippen molar-refractivity contribution in [3.63, 3.8) is 0 Å². The average Bonchev–Trinajstić information content (AvgIpc) is 2.77. The predicted octanol–water partition coefficient (Wildman–Crippen LogP) is 5.05. The summed E-state index contributed by atoms with van der Waals surface area (Å²) in [5.74, 6) is 0. The minimum absolute atomic E-state index is 0. The van der Waals surface area contributed by atoms with Crippen molar-refractivity contribution < 1.29 is 25.2 Å². The van der Waals surface area contributed by atoms with Gasteiger partial charge in [0.05, 0.1) is 0 Å². The molecular formula is C26H28OPPdSi. The first-order chi connectivity index (χ1) is 14.3. The van der Waals surface area contributed by atoms with Crippen LogP contribution in [0.25, 0.3) is 0 Å². The zero-order chi connectivity index (χ0) is 20.3. The first kappa shape index (κ1) is 25.2. The molecule has 157 valence electrons. The van der Waals surface area contributed by atoms with Gasteiger partial charge < -0.3 is 11.7 Å². The van der Waals surface area contributed by atoms with Gasteiger partial charge in [0, 0.05) is 6.61 Å². The molecular weight excluding hydrogens is 494 g/mol. The van der Waals surface area contributed by atoms with Gasteiger partial charge in [-0.25, -0.2) is 5.73 Å². The number of hydrogen-bond donors (Lipinski definition) is 0. The molecule has 3 radical (unpaired) electrons. The van der Waals surface area contributed by atoms with Crippen molar-refractivity contribution in [1.29, 1.82) is 0 Å². The molecule has 1 heterocycles. The van der Waals surface area contributed by atoms with E-state index in [4.69, 9.17) is 4.74 Å². The van der Waals surface area contributed by atoms with Crippen LogP contribution in [0.15, 0.2) is 84.9 Å². The monoisotopic (exact) mass is 521 g/mol. The first-order valence-electron chi connectivity index (χ1n) is 10.3. The fourth-order valence-electron chi connectivity index (χ4n) is 3.31. The molecule has 0 N–H and O–H groups in total. The molecule has 0 aromatic heterocycles. The minimum Gasteiger partial charge on any atom is -0.551 e. The zero-order valence-electron chi connectivity index (χ0n) is 17.2. The van der Waals surface area contributed by atoms with Gasteiger partial charge in [0.15, 0.2) is 0 Å². The van der Waals surface area contributed by atoms with E-state index >= 15 is 0 Å². The summed E-state index contributed by atoms with van der Waals surface area (Å²) in [4.78, 5) is 0. The molecule has 1 nitrogen and oxygen atoms in total. The Labute approximate surface area is 200 Å². The van der Waals surface area contributed by atoms with E-state index < -0.39 is 7.92 Å². The maximum absolute atomic E-state index is 5.11. The second-order valence-electron chi connectivity index (χ2n) is 7.01. The van der Waals surface area contributed by atoms with E-state index in [2.05, 4.69) is 102 Å². The molecule has 4 rings (SSSR count). The van der Waals surface area contributed by atoms with Crippen LogP contribution in [0.5, 0.6) is 0 Å². The SMILES string of the molecule is [CH2-]CCc1cccc(P(c2ccccc2)c2ccccc2)c1.[Pd+2].[Si][C-]1CCCCO1. The molecule has 3 aromatic carbocycles. The van der Waals surface area contributed by atoms with Crippen LogP contribution in [0, 0.1) is 12.7 Å². The van der Waals surface area contributed by atoms with E-state index in [0.29, 0.717) is 0 Å². The van der Waals surface area contributed by atoms with E-state index in [0.717, 1.165) is 31.6 Å². The zero-order valence-corrected chi connectivity index (χ0v) is 20.7. The maximum Gasteiger partial charge on any atom is 2.00 e. The molecule has 0 bridgehead atoms. The van der Waals surface area contributed by atoms with E-state index in [1.165, 1.54) is 34.3 Å². The number of benzene rings is 3. The Morgan fingerprint density at radius 3 is 1.90 bits per heavy atom. The third-order valence-corrected chi connectivity index (χ3v) is 7.56. The molecule has 1 aliphatic heterocycles. The van der Waals surface area contributed by atoms with Gasteiger partial charge in [-0.15, -0.1) is 0 Å². The molecule has 30 heavy (non-hydrogen) atoms. The summed E-state index contributed by atoms with van der Waals surface area (Å²) in [6.45, 7) is 4.88. The van der Waals surface area contributed by atoms with Crippen molar-refractivity contribution in [2.45, 2.75) is 32.1 Å². The number of rotatable bonds is 5. The topological polar surface area (TPSA) is 9.23 Å². The van der Waals surface area contributed by atoms with Crippen LogP contribution in [0.2, 0.25) is 0 Å². The largest absolute Gasteiger partial charge is 2.00 e. The molecule has 4 heteroatoms. The maximum atomic E-state index is 5.11. The minimum atomic E-state index is -0.493. The molecule has 0 unspecified atom stereocenters.